The second kappa shape index (κ2) is 6.80. The van der Waals surface area contributed by atoms with E-state index in [1.54, 1.807) is 0 Å². The van der Waals surface area contributed by atoms with Crippen LogP contribution < -0.4 is 11.1 Å². The molecule has 0 aromatic heterocycles. The number of amides is 1. The molecule has 88 valence electrons. The largest absolute Gasteiger partial charge is 0.381 e. The van der Waals surface area contributed by atoms with Crippen LogP contribution in [0.15, 0.2) is 0 Å². The van der Waals surface area contributed by atoms with E-state index in [0.717, 1.165) is 32.5 Å². The Labute approximate surface area is 91.5 Å². The monoisotopic (exact) mass is 214 g/mol. The third-order valence-electron chi connectivity index (χ3n) is 2.88. The molecule has 15 heavy (non-hydrogen) atoms. The molecule has 0 bridgehead atoms. The number of carbonyl (C=O) groups excluding carboxylic acids is 1. The van der Waals surface area contributed by atoms with E-state index in [1.165, 1.54) is 0 Å². The molecule has 2 unspecified atom stereocenters. The number of nitrogens with two attached hydrogens (primary N) is 1. The van der Waals surface area contributed by atoms with Gasteiger partial charge in [0.2, 0.25) is 5.91 Å². The van der Waals surface area contributed by atoms with E-state index in [4.69, 9.17) is 10.5 Å². The molecule has 1 aliphatic heterocycles. The first kappa shape index (κ1) is 12.5. The van der Waals surface area contributed by atoms with Crippen LogP contribution in [0.25, 0.3) is 0 Å². The fourth-order valence-electron chi connectivity index (χ4n) is 2.02. The van der Waals surface area contributed by atoms with Gasteiger partial charge in [-0.25, -0.2) is 0 Å². The molecule has 0 aromatic rings. The summed E-state index contributed by atoms with van der Waals surface area (Å²) in [6, 6.07) is 0. The Hall–Kier alpha value is -0.610. The van der Waals surface area contributed by atoms with E-state index in [1.807, 2.05) is 6.92 Å². The van der Waals surface area contributed by atoms with Gasteiger partial charge in [-0.3, -0.25) is 4.79 Å². The maximum absolute atomic E-state index is 11.6. The van der Waals surface area contributed by atoms with Gasteiger partial charge in [0, 0.05) is 26.3 Å². The van der Waals surface area contributed by atoms with Crippen molar-refractivity contribution in [2.24, 2.45) is 17.6 Å². The molecule has 4 heteroatoms. The molecule has 0 radical (unpaired) electrons. The lowest BCUT2D eigenvalue weighted by molar-refractivity contribution is -0.125. The summed E-state index contributed by atoms with van der Waals surface area (Å²) >= 11 is 0. The van der Waals surface area contributed by atoms with Crippen molar-refractivity contribution in [1.29, 1.82) is 0 Å². The fourth-order valence-corrected chi connectivity index (χ4v) is 2.02. The first-order chi connectivity index (χ1) is 7.27. The summed E-state index contributed by atoms with van der Waals surface area (Å²) in [7, 11) is 0. The first-order valence-corrected chi connectivity index (χ1v) is 5.83. The van der Waals surface area contributed by atoms with Gasteiger partial charge in [-0.15, -0.1) is 0 Å². The lowest BCUT2D eigenvalue weighted by Crippen LogP contribution is -2.37. The maximum Gasteiger partial charge on any atom is 0.224 e. The SMILES string of the molecule is CCNC(=O)C(CN)CC1CCCOC1. The highest BCUT2D eigenvalue weighted by Gasteiger charge is 2.23. The zero-order valence-electron chi connectivity index (χ0n) is 9.50. The van der Waals surface area contributed by atoms with Crippen molar-refractivity contribution in [3.8, 4) is 0 Å². The molecule has 0 aromatic carbocycles. The smallest absolute Gasteiger partial charge is 0.224 e. The quantitative estimate of drug-likeness (QED) is 0.701. The van der Waals surface area contributed by atoms with E-state index in [2.05, 4.69) is 5.32 Å². The highest BCUT2D eigenvalue weighted by Crippen LogP contribution is 2.21. The van der Waals surface area contributed by atoms with Crippen LogP contribution in [0.2, 0.25) is 0 Å². The van der Waals surface area contributed by atoms with Gasteiger partial charge in [-0.05, 0) is 32.1 Å². The number of hydrogen-bond acceptors (Lipinski definition) is 3. The van der Waals surface area contributed by atoms with Crippen LogP contribution in [0.3, 0.4) is 0 Å². The van der Waals surface area contributed by atoms with Crippen LogP contribution in [-0.2, 0) is 9.53 Å². The van der Waals surface area contributed by atoms with Crippen LogP contribution in [0.5, 0.6) is 0 Å². The van der Waals surface area contributed by atoms with Gasteiger partial charge in [-0.2, -0.15) is 0 Å². The zero-order valence-corrected chi connectivity index (χ0v) is 9.50. The molecule has 1 aliphatic rings. The van der Waals surface area contributed by atoms with Crippen molar-refractivity contribution < 1.29 is 9.53 Å². The van der Waals surface area contributed by atoms with E-state index in [0.29, 0.717) is 19.0 Å². The van der Waals surface area contributed by atoms with Crippen LogP contribution in [0, 0.1) is 11.8 Å². The van der Waals surface area contributed by atoms with Gasteiger partial charge < -0.3 is 15.8 Å². The first-order valence-electron chi connectivity index (χ1n) is 5.83. The Morgan fingerprint density at radius 1 is 1.67 bits per heavy atom. The van der Waals surface area contributed by atoms with E-state index in [-0.39, 0.29) is 11.8 Å². The molecular formula is C11H22N2O2. The van der Waals surface area contributed by atoms with Crippen LogP contribution in [-0.4, -0.2) is 32.2 Å². The molecule has 1 rings (SSSR count). The molecular weight excluding hydrogens is 192 g/mol. The molecule has 1 heterocycles. The van der Waals surface area contributed by atoms with Gasteiger partial charge in [0.1, 0.15) is 0 Å². The molecule has 4 nitrogen and oxygen atoms in total. The van der Waals surface area contributed by atoms with Gasteiger partial charge >= 0.3 is 0 Å². The van der Waals surface area contributed by atoms with Crippen LogP contribution in [0.4, 0.5) is 0 Å². The second-order valence-electron chi connectivity index (χ2n) is 4.15. The standard InChI is InChI=1S/C11H22N2O2/c1-2-13-11(14)10(7-12)6-9-4-3-5-15-8-9/h9-10H,2-8,12H2,1H3,(H,13,14). The molecule has 3 N–H and O–H groups in total. The highest BCUT2D eigenvalue weighted by molar-refractivity contribution is 5.78. The van der Waals surface area contributed by atoms with Crippen molar-refractivity contribution in [1.82, 2.24) is 5.32 Å². The summed E-state index contributed by atoms with van der Waals surface area (Å²) < 4.78 is 5.39. The van der Waals surface area contributed by atoms with Gasteiger partial charge in [0.05, 0.1) is 5.92 Å². The summed E-state index contributed by atoms with van der Waals surface area (Å²) in [6.45, 7) is 4.69. The van der Waals surface area contributed by atoms with Crippen LogP contribution in [0.1, 0.15) is 26.2 Å². The van der Waals surface area contributed by atoms with Crippen LogP contribution >= 0.6 is 0 Å². The molecule has 1 saturated heterocycles. The van der Waals surface area contributed by atoms with Gasteiger partial charge in [0.25, 0.3) is 0 Å². The van der Waals surface area contributed by atoms with E-state index in [9.17, 15) is 4.79 Å². The number of ether oxygens (including phenoxy) is 1. The Morgan fingerprint density at radius 2 is 2.47 bits per heavy atom. The molecule has 2 atom stereocenters. The second-order valence-corrected chi connectivity index (χ2v) is 4.15. The summed E-state index contributed by atoms with van der Waals surface area (Å²) in [6.07, 6.45) is 3.13. The van der Waals surface area contributed by atoms with Crippen molar-refractivity contribution >= 4 is 5.91 Å². The summed E-state index contributed by atoms with van der Waals surface area (Å²) in [4.78, 5) is 11.6. The van der Waals surface area contributed by atoms with Crippen molar-refractivity contribution in [3.05, 3.63) is 0 Å². The zero-order chi connectivity index (χ0) is 11.1. The molecule has 0 aliphatic carbocycles. The van der Waals surface area contributed by atoms with Gasteiger partial charge in [-0.1, -0.05) is 0 Å². The Kier molecular flexibility index (Phi) is 5.65. The van der Waals surface area contributed by atoms with Crippen molar-refractivity contribution in [2.45, 2.75) is 26.2 Å². The lowest BCUT2D eigenvalue weighted by Gasteiger charge is -2.25. The average Bonchev–Trinajstić information content (AvgIpc) is 2.27. The van der Waals surface area contributed by atoms with E-state index < -0.39 is 0 Å². The summed E-state index contributed by atoms with van der Waals surface area (Å²) in [5.74, 6) is 0.553. The Morgan fingerprint density at radius 3 is 3.00 bits per heavy atom. The van der Waals surface area contributed by atoms with E-state index >= 15 is 0 Å². The normalized spacial score (nSPS) is 23.5. The Bertz CT molecular complexity index is 191. The number of hydrogen-bond donors (Lipinski definition) is 2. The lowest BCUT2D eigenvalue weighted by atomic mass is 9.90. The number of carbonyl (C=O) groups is 1. The maximum atomic E-state index is 11.6. The highest BCUT2D eigenvalue weighted by atomic mass is 16.5. The molecule has 1 amide bonds. The fraction of sp³-hybridized carbons (Fsp3) is 0.909. The third-order valence-corrected chi connectivity index (χ3v) is 2.88. The number of rotatable bonds is 5. The minimum absolute atomic E-state index is 0.0448. The minimum atomic E-state index is -0.0448. The topological polar surface area (TPSA) is 64.4 Å². The molecule has 1 fully saturated rings. The average molecular weight is 214 g/mol. The predicted molar refractivity (Wildman–Crippen MR) is 59.4 cm³/mol. The summed E-state index contributed by atoms with van der Waals surface area (Å²) in [5, 5.41) is 2.83. The minimum Gasteiger partial charge on any atom is -0.381 e. The Balaban J connectivity index is 2.34. The van der Waals surface area contributed by atoms with Crippen molar-refractivity contribution in [3.63, 3.8) is 0 Å². The third kappa shape index (κ3) is 4.18. The predicted octanol–water partition coefficient (Wildman–Crippen LogP) is 0.514. The summed E-state index contributed by atoms with van der Waals surface area (Å²) in [5.41, 5.74) is 5.62. The van der Waals surface area contributed by atoms with Crippen molar-refractivity contribution in [2.75, 3.05) is 26.3 Å². The molecule has 0 spiro atoms. The van der Waals surface area contributed by atoms with Gasteiger partial charge in [0.15, 0.2) is 0 Å². The molecule has 0 saturated carbocycles. The number of nitrogens with one attached hydrogen (secondary N) is 1.